The molecule has 1 heterocycles. The number of methoxy groups -OCH3 is 1. The maximum atomic E-state index is 12.6. The Hall–Kier alpha value is -2.79. The number of benzene rings is 2. The fraction of sp³-hybridized carbons (Fsp3) is 0.292. The molecule has 3 rings (SSSR count). The van der Waals surface area contributed by atoms with Crippen LogP contribution in [0.2, 0.25) is 0 Å². The van der Waals surface area contributed by atoms with Gasteiger partial charge in [-0.05, 0) is 68.0 Å². The van der Waals surface area contributed by atoms with Gasteiger partial charge in [-0.3, -0.25) is 4.79 Å². The summed E-state index contributed by atoms with van der Waals surface area (Å²) in [5.74, 6) is 1.61. The molecule has 29 heavy (non-hydrogen) atoms. The summed E-state index contributed by atoms with van der Waals surface area (Å²) in [6.45, 7) is 8.61. The van der Waals surface area contributed by atoms with Gasteiger partial charge in [0.15, 0.2) is 0 Å². The van der Waals surface area contributed by atoms with Crippen LogP contribution in [0.15, 0.2) is 47.8 Å². The number of ether oxygens (including phenoxy) is 2. The highest BCUT2D eigenvalue weighted by Crippen LogP contribution is 2.26. The molecule has 1 amide bonds. The Bertz CT molecular complexity index is 986. The average molecular weight is 410 g/mol. The number of amides is 1. The van der Waals surface area contributed by atoms with E-state index >= 15 is 0 Å². The van der Waals surface area contributed by atoms with Crippen molar-refractivity contribution in [3.05, 3.63) is 80.5 Å². The summed E-state index contributed by atoms with van der Waals surface area (Å²) < 4.78 is 11.3. The third kappa shape index (κ3) is 5.18. The van der Waals surface area contributed by atoms with Crippen LogP contribution in [0.1, 0.15) is 50.5 Å². The molecular formula is C24H27NO3S. The number of hydrogen-bond donors (Lipinski definition) is 1. The van der Waals surface area contributed by atoms with Crippen molar-refractivity contribution in [3.63, 3.8) is 0 Å². The minimum absolute atomic E-state index is 0.0840. The summed E-state index contributed by atoms with van der Waals surface area (Å²) in [4.78, 5) is 13.3. The summed E-state index contributed by atoms with van der Waals surface area (Å²) in [7, 11) is 1.64. The molecule has 0 aliphatic carbocycles. The van der Waals surface area contributed by atoms with Crippen molar-refractivity contribution in [3.8, 4) is 11.5 Å². The molecule has 1 atom stereocenters. The number of carbonyl (C=O) groups excluding carboxylic acids is 1. The van der Waals surface area contributed by atoms with Crippen molar-refractivity contribution >= 4 is 17.2 Å². The Morgan fingerprint density at radius 2 is 1.83 bits per heavy atom. The highest BCUT2D eigenvalue weighted by molar-refractivity contribution is 7.12. The number of rotatable bonds is 7. The van der Waals surface area contributed by atoms with Gasteiger partial charge in [0.05, 0.1) is 18.0 Å². The van der Waals surface area contributed by atoms with E-state index in [2.05, 4.69) is 38.2 Å². The standard InChI is InChI=1S/C24H27NO3S/c1-15-9-16(2)23(17(3)10-15)28-13-19-11-22(29-14-19)24(26)25-18(4)20-7-6-8-21(12-20)27-5/h6-12,14,18H,13H2,1-5H3,(H,25,26). The first-order chi connectivity index (χ1) is 13.9. The van der Waals surface area contributed by atoms with Gasteiger partial charge in [0.25, 0.3) is 5.91 Å². The van der Waals surface area contributed by atoms with Crippen LogP contribution in [0, 0.1) is 20.8 Å². The molecule has 1 unspecified atom stereocenters. The van der Waals surface area contributed by atoms with E-state index in [9.17, 15) is 4.79 Å². The third-order valence-corrected chi connectivity index (χ3v) is 5.78. The second-order valence-electron chi connectivity index (χ2n) is 7.31. The Kier molecular flexibility index (Phi) is 6.60. The van der Waals surface area contributed by atoms with E-state index in [1.54, 1.807) is 7.11 Å². The molecule has 2 aromatic carbocycles. The third-order valence-electron chi connectivity index (χ3n) is 4.81. The molecule has 3 aromatic rings. The van der Waals surface area contributed by atoms with Crippen molar-refractivity contribution < 1.29 is 14.3 Å². The molecule has 4 nitrogen and oxygen atoms in total. The van der Waals surface area contributed by atoms with Gasteiger partial charge in [-0.15, -0.1) is 11.3 Å². The summed E-state index contributed by atoms with van der Waals surface area (Å²) in [6, 6.07) is 13.8. The lowest BCUT2D eigenvalue weighted by atomic mass is 10.1. The van der Waals surface area contributed by atoms with Crippen LogP contribution in [0.5, 0.6) is 11.5 Å². The van der Waals surface area contributed by atoms with Crippen LogP contribution in [0.4, 0.5) is 0 Å². The lowest BCUT2D eigenvalue weighted by molar-refractivity contribution is 0.0944. The monoisotopic (exact) mass is 409 g/mol. The van der Waals surface area contributed by atoms with Crippen LogP contribution < -0.4 is 14.8 Å². The lowest BCUT2D eigenvalue weighted by Crippen LogP contribution is -2.25. The van der Waals surface area contributed by atoms with E-state index in [0.29, 0.717) is 11.5 Å². The Morgan fingerprint density at radius 1 is 1.10 bits per heavy atom. The quantitative estimate of drug-likeness (QED) is 0.540. The van der Waals surface area contributed by atoms with E-state index in [1.807, 2.05) is 42.6 Å². The summed E-state index contributed by atoms with van der Waals surface area (Å²) >= 11 is 1.43. The first-order valence-corrected chi connectivity index (χ1v) is 10.5. The molecule has 1 aromatic heterocycles. The van der Waals surface area contributed by atoms with E-state index in [1.165, 1.54) is 16.9 Å². The van der Waals surface area contributed by atoms with Gasteiger partial charge >= 0.3 is 0 Å². The van der Waals surface area contributed by atoms with Crippen LogP contribution in [-0.2, 0) is 6.61 Å². The van der Waals surface area contributed by atoms with Crippen LogP contribution >= 0.6 is 11.3 Å². The molecule has 0 aliphatic heterocycles. The second kappa shape index (κ2) is 9.14. The van der Waals surface area contributed by atoms with Crippen molar-refractivity contribution in [2.75, 3.05) is 7.11 Å². The van der Waals surface area contributed by atoms with Crippen LogP contribution in [-0.4, -0.2) is 13.0 Å². The molecular weight excluding hydrogens is 382 g/mol. The SMILES string of the molecule is COc1cccc(C(C)NC(=O)c2cc(COc3c(C)cc(C)cc3C)cs2)c1. The average Bonchev–Trinajstić information content (AvgIpc) is 3.16. The first-order valence-electron chi connectivity index (χ1n) is 9.60. The number of aryl methyl sites for hydroxylation is 3. The molecule has 5 heteroatoms. The zero-order chi connectivity index (χ0) is 21.0. The van der Waals surface area contributed by atoms with Crippen molar-refractivity contribution in [1.82, 2.24) is 5.32 Å². The topological polar surface area (TPSA) is 47.6 Å². The number of carbonyl (C=O) groups is 1. The maximum Gasteiger partial charge on any atom is 0.261 e. The normalized spacial score (nSPS) is 11.8. The Labute approximate surface area is 176 Å². The van der Waals surface area contributed by atoms with E-state index in [-0.39, 0.29) is 11.9 Å². The molecule has 1 N–H and O–H groups in total. The van der Waals surface area contributed by atoms with Crippen molar-refractivity contribution in [2.24, 2.45) is 0 Å². The molecule has 0 spiro atoms. The number of nitrogens with one attached hydrogen (secondary N) is 1. The van der Waals surface area contributed by atoms with Crippen molar-refractivity contribution in [1.29, 1.82) is 0 Å². The van der Waals surface area contributed by atoms with Crippen LogP contribution in [0.25, 0.3) is 0 Å². The highest BCUT2D eigenvalue weighted by Gasteiger charge is 2.15. The largest absolute Gasteiger partial charge is 0.497 e. The van der Waals surface area contributed by atoms with Gasteiger partial charge in [0, 0.05) is 5.56 Å². The lowest BCUT2D eigenvalue weighted by Gasteiger charge is -2.14. The predicted molar refractivity (Wildman–Crippen MR) is 118 cm³/mol. The molecule has 0 aliphatic rings. The molecule has 0 fully saturated rings. The Balaban J connectivity index is 1.62. The number of thiophene rings is 1. The molecule has 0 saturated carbocycles. The summed E-state index contributed by atoms with van der Waals surface area (Å²) in [5.41, 5.74) is 5.48. The van der Waals surface area contributed by atoms with Gasteiger partial charge in [0.1, 0.15) is 18.1 Å². The Morgan fingerprint density at radius 3 is 2.52 bits per heavy atom. The first kappa shape index (κ1) is 20.9. The van der Waals surface area contributed by atoms with Crippen LogP contribution in [0.3, 0.4) is 0 Å². The van der Waals surface area contributed by atoms with Gasteiger partial charge in [-0.2, -0.15) is 0 Å². The molecule has 0 bridgehead atoms. The fourth-order valence-electron chi connectivity index (χ4n) is 3.38. The minimum atomic E-state index is -0.114. The van der Waals surface area contributed by atoms with Gasteiger partial charge in [0.2, 0.25) is 0 Å². The van der Waals surface area contributed by atoms with Gasteiger partial charge < -0.3 is 14.8 Å². The summed E-state index contributed by atoms with van der Waals surface area (Å²) in [6.07, 6.45) is 0. The highest BCUT2D eigenvalue weighted by atomic mass is 32.1. The van der Waals surface area contributed by atoms with E-state index in [4.69, 9.17) is 9.47 Å². The summed E-state index contributed by atoms with van der Waals surface area (Å²) in [5, 5.41) is 5.03. The molecule has 152 valence electrons. The zero-order valence-corrected chi connectivity index (χ0v) is 18.4. The minimum Gasteiger partial charge on any atom is -0.497 e. The maximum absolute atomic E-state index is 12.6. The molecule has 0 radical (unpaired) electrons. The van der Waals surface area contributed by atoms with E-state index in [0.717, 1.165) is 33.8 Å². The number of hydrogen-bond acceptors (Lipinski definition) is 4. The second-order valence-corrected chi connectivity index (χ2v) is 8.22. The fourth-order valence-corrected chi connectivity index (χ4v) is 4.18. The predicted octanol–water partition coefficient (Wildman–Crippen LogP) is 5.75. The molecule has 0 saturated heterocycles. The van der Waals surface area contributed by atoms with Crippen molar-refractivity contribution in [2.45, 2.75) is 40.3 Å². The van der Waals surface area contributed by atoms with E-state index < -0.39 is 0 Å². The zero-order valence-electron chi connectivity index (χ0n) is 17.5. The smallest absolute Gasteiger partial charge is 0.261 e. The van der Waals surface area contributed by atoms with Gasteiger partial charge in [-0.25, -0.2) is 0 Å². The van der Waals surface area contributed by atoms with Gasteiger partial charge in [-0.1, -0.05) is 29.8 Å².